The lowest BCUT2D eigenvalue weighted by Gasteiger charge is -2.33. The lowest BCUT2D eigenvalue weighted by atomic mass is 9.91. The number of carbonyl (C=O) groups excluding carboxylic acids is 1. The van der Waals surface area contributed by atoms with E-state index in [2.05, 4.69) is 4.98 Å². The van der Waals surface area contributed by atoms with Crippen molar-refractivity contribution in [2.45, 2.75) is 38.7 Å². The molecule has 1 saturated heterocycles. The molecule has 0 radical (unpaired) electrons. The molecule has 1 amide bonds. The van der Waals surface area contributed by atoms with Crippen molar-refractivity contribution in [1.82, 2.24) is 14.9 Å². The number of aromatic nitrogens is 2. The van der Waals surface area contributed by atoms with E-state index in [4.69, 9.17) is 26.1 Å². The number of hydrogen-bond acceptors (Lipinski definition) is 5. The standard InChI is InChI=1S/C22H28ClN3O3/c1-16-24-13-19(15-29-11-10-28-2)22(25-16)18-4-3-9-26(14-18)21(27)12-17-5-7-20(23)8-6-17/h5-8,13,18H,3-4,9-12,14-15H2,1-2H3. The maximum Gasteiger partial charge on any atom is 0.227 e. The van der Waals surface area contributed by atoms with Gasteiger partial charge in [0, 0.05) is 42.9 Å². The average molecular weight is 418 g/mol. The summed E-state index contributed by atoms with van der Waals surface area (Å²) in [7, 11) is 1.65. The van der Waals surface area contributed by atoms with Crippen LogP contribution in [0.15, 0.2) is 30.5 Å². The zero-order valence-electron chi connectivity index (χ0n) is 17.1. The fourth-order valence-electron chi connectivity index (χ4n) is 3.62. The van der Waals surface area contributed by atoms with Gasteiger partial charge in [-0.3, -0.25) is 4.79 Å². The largest absolute Gasteiger partial charge is 0.382 e. The van der Waals surface area contributed by atoms with E-state index in [1.54, 1.807) is 7.11 Å². The number of amides is 1. The second-order valence-electron chi connectivity index (χ2n) is 7.36. The van der Waals surface area contributed by atoms with E-state index in [1.807, 2.05) is 42.3 Å². The summed E-state index contributed by atoms with van der Waals surface area (Å²) in [6.45, 7) is 4.89. The molecule has 0 aliphatic carbocycles. The first-order valence-electron chi connectivity index (χ1n) is 9.98. The van der Waals surface area contributed by atoms with Gasteiger partial charge in [-0.25, -0.2) is 9.97 Å². The number of carbonyl (C=O) groups is 1. The van der Waals surface area contributed by atoms with E-state index in [0.717, 1.165) is 42.0 Å². The molecule has 1 atom stereocenters. The number of likely N-dealkylation sites (tertiary alicyclic amines) is 1. The fourth-order valence-corrected chi connectivity index (χ4v) is 3.74. The lowest BCUT2D eigenvalue weighted by molar-refractivity contribution is -0.131. The molecule has 29 heavy (non-hydrogen) atoms. The minimum atomic E-state index is 0.140. The van der Waals surface area contributed by atoms with E-state index in [0.29, 0.717) is 37.8 Å². The highest BCUT2D eigenvalue weighted by atomic mass is 35.5. The minimum Gasteiger partial charge on any atom is -0.382 e. The number of nitrogens with zero attached hydrogens (tertiary/aromatic N) is 3. The molecule has 2 heterocycles. The van der Waals surface area contributed by atoms with Gasteiger partial charge >= 0.3 is 0 Å². The number of ether oxygens (including phenoxy) is 2. The van der Waals surface area contributed by atoms with Crippen LogP contribution in [0, 0.1) is 6.92 Å². The van der Waals surface area contributed by atoms with Crippen LogP contribution in [0.3, 0.4) is 0 Å². The first-order valence-corrected chi connectivity index (χ1v) is 10.4. The molecule has 1 fully saturated rings. The Bertz CT molecular complexity index is 813. The highest BCUT2D eigenvalue weighted by molar-refractivity contribution is 6.30. The number of aryl methyl sites for hydroxylation is 1. The molecule has 7 heteroatoms. The fraction of sp³-hybridized carbons (Fsp3) is 0.500. The van der Waals surface area contributed by atoms with Gasteiger partial charge in [0.25, 0.3) is 0 Å². The van der Waals surface area contributed by atoms with Crippen LogP contribution in [0.1, 0.15) is 41.4 Å². The lowest BCUT2D eigenvalue weighted by Crippen LogP contribution is -2.40. The van der Waals surface area contributed by atoms with Crippen LogP contribution < -0.4 is 0 Å². The summed E-state index contributed by atoms with van der Waals surface area (Å²) >= 11 is 5.94. The maximum absolute atomic E-state index is 12.8. The van der Waals surface area contributed by atoms with E-state index >= 15 is 0 Å². The number of piperidine rings is 1. The molecule has 1 aliphatic heterocycles. The molecular weight excluding hydrogens is 390 g/mol. The Hall–Kier alpha value is -2.02. The third kappa shape index (κ3) is 6.23. The van der Waals surface area contributed by atoms with Gasteiger partial charge in [-0.1, -0.05) is 23.7 Å². The first kappa shape index (κ1) is 21.7. The van der Waals surface area contributed by atoms with Crippen molar-refractivity contribution in [1.29, 1.82) is 0 Å². The quantitative estimate of drug-likeness (QED) is 0.614. The first-order chi connectivity index (χ1) is 14.1. The molecule has 1 aliphatic rings. The molecule has 156 valence electrons. The van der Waals surface area contributed by atoms with Crippen LogP contribution in [0.4, 0.5) is 0 Å². The highest BCUT2D eigenvalue weighted by Gasteiger charge is 2.27. The molecule has 6 nitrogen and oxygen atoms in total. The predicted octanol–water partition coefficient (Wildman–Crippen LogP) is 3.55. The van der Waals surface area contributed by atoms with Gasteiger partial charge in [0.15, 0.2) is 0 Å². The summed E-state index contributed by atoms with van der Waals surface area (Å²) in [5.41, 5.74) is 2.97. The van der Waals surface area contributed by atoms with Gasteiger partial charge < -0.3 is 14.4 Å². The van der Waals surface area contributed by atoms with Crippen LogP contribution in [-0.4, -0.2) is 54.2 Å². The van der Waals surface area contributed by atoms with Crippen molar-refractivity contribution in [3.05, 3.63) is 58.1 Å². The Kier molecular flexibility index (Phi) is 7.98. The van der Waals surface area contributed by atoms with Crippen molar-refractivity contribution in [2.75, 3.05) is 33.4 Å². The van der Waals surface area contributed by atoms with E-state index in [9.17, 15) is 4.79 Å². The molecule has 3 rings (SSSR count). The molecule has 1 aromatic carbocycles. The number of rotatable bonds is 8. The van der Waals surface area contributed by atoms with Crippen molar-refractivity contribution in [3.8, 4) is 0 Å². The SMILES string of the molecule is COCCOCc1cnc(C)nc1C1CCCN(C(=O)Cc2ccc(Cl)cc2)C1. The summed E-state index contributed by atoms with van der Waals surface area (Å²) in [6, 6.07) is 7.46. The smallest absolute Gasteiger partial charge is 0.227 e. The summed E-state index contributed by atoms with van der Waals surface area (Å²) in [5.74, 6) is 1.08. The van der Waals surface area contributed by atoms with Crippen LogP contribution >= 0.6 is 11.6 Å². The Morgan fingerprint density at radius 2 is 2.07 bits per heavy atom. The summed E-state index contributed by atoms with van der Waals surface area (Å²) in [5, 5.41) is 0.679. The monoisotopic (exact) mass is 417 g/mol. The Balaban J connectivity index is 1.67. The molecule has 1 unspecified atom stereocenters. The van der Waals surface area contributed by atoms with E-state index < -0.39 is 0 Å². The Morgan fingerprint density at radius 1 is 1.28 bits per heavy atom. The number of hydrogen-bond donors (Lipinski definition) is 0. The van der Waals surface area contributed by atoms with Crippen molar-refractivity contribution < 1.29 is 14.3 Å². The van der Waals surface area contributed by atoms with Crippen LogP contribution in [0.2, 0.25) is 5.02 Å². The summed E-state index contributed by atoms with van der Waals surface area (Å²) in [4.78, 5) is 23.8. The predicted molar refractivity (Wildman–Crippen MR) is 112 cm³/mol. The molecule has 2 aromatic rings. The molecule has 0 saturated carbocycles. The van der Waals surface area contributed by atoms with Crippen LogP contribution in [-0.2, 0) is 27.3 Å². The zero-order chi connectivity index (χ0) is 20.6. The molecule has 1 aromatic heterocycles. The van der Waals surface area contributed by atoms with Gasteiger partial charge in [0.05, 0.1) is 31.9 Å². The summed E-state index contributed by atoms with van der Waals surface area (Å²) in [6.07, 6.45) is 4.20. The van der Waals surface area contributed by atoms with Gasteiger partial charge in [0.2, 0.25) is 5.91 Å². The highest BCUT2D eigenvalue weighted by Crippen LogP contribution is 2.28. The van der Waals surface area contributed by atoms with Gasteiger partial charge in [-0.15, -0.1) is 0 Å². The topological polar surface area (TPSA) is 64.6 Å². The van der Waals surface area contributed by atoms with Crippen molar-refractivity contribution >= 4 is 17.5 Å². The second-order valence-corrected chi connectivity index (χ2v) is 7.79. The number of methoxy groups -OCH3 is 1. The normalized spacial score (nSPS) is 16.8. The third-order valence-corrected chi connectivity index (χ3v) is 5.39. The molecular formula is C22H28ClN3O3. The Labute approximate surface area is 177 Å². The zero-order valence-corrected chi connectivity index (χ0v) is 17.8. The molecule has 0 N–H and O–H groups in total. The van der Waals surface area contributed by atoms with Gasteiger partial charge in [0.1, 0.15) is 5.82 Å². The molecule has 0 bridgehead atoms. The summed E-state index contributed by atoms with van der Waals surface area (Å²) < 4.78 is 10.7. The van der Waals surface area contributed by atoms with E-state index in [1.165, 1.54) is 0 Å². The van der Waals surface area contributed by atoms with Crippen LogP contribution in [0.5, 0.6) is 0 Å². The second kappa shape index (κ2) is 10.7. The minimum absolute atomic E-state index is 0.140. The average Bonchev–Trinajstić information content (AvgIpc) is 2.74. The van der Waals surface area contributed by atoms with E-state index in [-0.39, 0.29) is 11.8 Å². The third-order valence-electron chi connectivity index (χ3n) is 5.14. The van der Waals surface area contributed by atoms with Gasteiger partial charge in [-0.2, -0.15) is 0 Å². The maximum atomic E-state index is 12.8. The molecule has 0 spiro atoms. The number of benzene rings is 1. The van der Waals surface area contributed by atoms with Gasteiger partial charge in [-0.05, 0) is 37.5 Å². The van der Waals surface area contributed by atoms with Crippen molar-refractivity contribution in [3.63, 3.8) is 0 Å². The number of halogens is 1. The van der Waals surface area contributed by atoms with Crippen LogP contribution in [0.25, 0.3) is 0 Å². The van der Waals surface area contributed by atoms with Crippen molar-refractivity contribution in [2.24, 2.45) is 0 Å². The Morgan fingerprint density at radius 3 is 2.83 bits per heavy atom.